The second-order valence-electron chi connectivity index (χ2n) is 6.94. The second-order valence-corrected chi connectivity index (χ2v) is 6.94. The van der Waals surface area contributed by atoms with Gasteiger partial charge < -0.3 is 5.32 Å². The first-order valence-corrected chi connectivity index (χ1v) is 7.05. The molecular formula is C14H23N. The van der Waals surface area contributed by atoms with Gasteiger partial charge in [0.25, 0.3) is 0 Å². The Balaban J connectivity index is 1.50. The van der Waals surface area contributed by atoms with Crippen LogP contribution in [0.2, 0.25) is 0 Å². The van der Waals surface area contributed by atoms with E-state index in [1.54, 1.807) is 32.1 Å². The molecule has 84 valence electrons. The summed E-state index contributed by atoms with van der Waals surface area (Å²) in [5, 5.41) is 3.99. The monoisotopic (exact) mass is 205 g/mol. The Morgan fingerprint density at radius 1 is 0.800 bits per heavy atom. The quantitative estimate of drug-likeness (QED) is 0.731. The SMILES string of the molecule is CC1CC1NC1C2CC3CC(C2)CC1C3. The first-order chi connectivity index (χ1) is 7.29. The normalized spacial score (nSPS) is 61.0. The van der Waals surface area contributed by atoms with Crippen molar-refractivity contribution in [3.8, 4) is 0 Å². The molecule has 5 fully saturated rings. The van der Waals surface area contributed by atoms with Gasteiger partial charge >= 0.3 is 0 Å². The molecule has 2 atom stereocenters. The van der Waals surface area contributed by atoms with E-state index in [0.717, 1.165) is 41.7 Å². The molecule has 0 saturated heterocycles. The lowest BCUT2D eigenvalue weighted by atomic mass is 9.54. The molecule has 0 heterocycles. The average Bonchev–Trinajstić information content (AvgIpc) is 2.87. The fraction of sp³-hybridized carbons (Fsp3) is 1.00. The van der Waals surface area contributed by atoms with E-state index in [9.17, 15) is 0 Å². The highest BCUT2D eigenvalue weighted by Crippen LogP contribution is 2.54. The summed E-state index contributed by atoms with van der Waals surface area (Å²) in [5.41, 5.74) is 0. The number of hydrogen-bond acceptors (Lipinski definition) is 1. The Morgan fingerprint density at radius 3 is 1.80 bits per heavy atom. The summed E-state index contributed by atoms with van der Waals surface area (Å²) in [6.07, 6.45) is 9.28. The molecule has 0 spiro atoms. The summed E-state index contributed by atoms with van der Waals surface area (Å²) in [5.74, 6) is 5.36. The fourth-order valence-electron chi connectivity index (χ4n) is 5.00. The smallest absolute Gasteiger partial charge is 0.0127 e. The van der Waals surface area contributed by atoms with Crippen molar-refractivity contribution in [3.63, 3.8) is 0 Å². The molecule has 0 aromatic carbocycles. The van der Waals surface area contributed by atoms with Crippen LogP contribution in [-0.4, -0.2) is 12.1 Å². The summed E-state index contributed by atoms with van der Waals surface area (Å²) in [6.45, 7) is 2.40. The molecule has 4 bridgehead atoms. The minimum absolute atomic E-state index is 0.896. The van der Waals surface area contributed by atoms with E-state index in [1.807, 2.05) is 0 Å². The van der Waals surface area contributed by atoms with Crippen LogP contribution in [-0.2, 0) is 0 Å². The van der Waals surface area contributed by atoms with Crippen LogP contribution in [0.25, 0.3) is 0 Å². The Morgan fingerprint density at radius 2 is 1.33 bits per heavy atom. The highest BCUT2D eigenvalue weighted by Gasteiger charge is 2.49. The van der Waals surface area contributed by atoms with Crippen LogP contribution < -0.4 is 5.32 Å². The minimum Gasteiger partial charge on any atom is -0.310 e. The molecule has 1 N–H and O–H groups in total. The molecule has 1 heteroatoms. The molecule has 0 aromatic rings. The van der Waals surface area contributed by atoms with Crippen molar-refractivity contribution in [1.29, 1.82) is 0 Å². The maximum Gasteiger partial charge on any atom is 0.0127 e. The van der Waals surface area contributed by atoms with Crippen molar-refractivity contribution >= 4 is 0 Å². The molecule has 0 amide bonds. The Labute approximate surface area is 93.0 Å². The Hall–Kier alpha value is -0.0400. The van der Waals surface area contributed by atoms with Gasteiger partial charge in [-0.05, 0) is 68.1 Å². The molecule has 0 aliphatic heterocycles. The Bertz CT molecular complexity index is 245. The zero-order chi connectivity index (χ0) is 9.99. The molecule has 2 unspecified atom stereocenters. The van der Waals surface area contributed by atoms with Gasteiger partial charge in [0.1, 0.15) is 0 Å². The van der Waals surface area contributed by atoms with E-state index in [0.29, 0.717) is 0 Å². The third-order valence-electron chi connectivity index (χ3n) is 5.74. The lowest BCUT2D eigenvalue weighted by Crippen LogP contribution is -2.55. The number of nitrogens with one attached hydrogen (secondary N) is 1. The van der Waals surface area contributed by atoms with Crippen LogP contribution in [0.1, 0.15) is 45.4 Å². The zero-order valence-electron chi connectivity index (χ0n) is 9.78. The van der Waals surface area contributed by atoms with E-state index in [4.69, 9.17) is 0 Å². The maximum atomic E-state index is 3.99. The predicted molar refractivity (Wildman–Crippen MR) is 61.5 cm³/mol. The van der Waals surface area contributed by atoms with E-state index >= 15 is 0 Å². The molecule has 0 radical (unpaired) electrons. The van der Waals surface area contributed by atoms with Crippen molar-refractivity contribution in [3.05, 3.63) is 0 Å². The van der Waals surface area contributed by atoms with Gasteiger partial charge in [0.05, 0.1) is 0 Å². The minimum atomic E-state index is 0.896. The van der Waals surface area contributed by atoms with Crippen molar-refractivity contribution in [2.45, 2.75) is 57.5 Å². The number of rotatable bonds is 2. The number of hydrogen-bond donors (Lipinski definition) is 1. The van der Waals surface area contributed by atoms with Gasteiger partial charge in [-0.3, -0.25) is 0 Å². The van der Waals surface area contributed by atoms with Crippen molar-refractivity contribution in [1.82, 2.24) is 5.32 Å². The molecule has 5 rings (SSSR count). The van der Waals surface area contributed by atoms with E-state index in [-0.39, 0.29) is 0 Å². The highest BCUT2D eigenvalue weighted by molar-refractivity contribution is 5.04. The molecule has 1 nitrogen and oxygen atoms in total. The lowest BCUT2D eigenvalue weighted by Gasteiger charge is -2.54. The van der Waals surface area contributed by atoms with Gasteiger partial charge in [-0.2, -0.15) is 0 Å². The molecule has 15 heavy (non-hydrogen) atoms. The first kappa shape index (κ1) is 9.04. The topological polar surface area (TPSA) is 12.0 Å². The van der Waals surface area contributed by atoms with Crippen LogP contribution >= 0.6 is 0 Å². The van der Waals surface area contributed by atoms with Crippen LogP contribution in [0, 0.1) is 29.6 Å². The highest BCUT2D eigenvalue weighted by atomic mass is 15.0. The molecular weight excluding hydrogens is 182 g/mol. The zero-order valence-corrected chi connectivity index (χ0v) is 9.78. The summed E-state index contributed by atoms with van der Waals surface area (Å²) < 4.78 is 0. The van der Waals surface area contributed by atoms with Gasteiger partial charge in [0.2, 0.25) is 0 Å². The Kier molecular flexibility index (Phi) is 1.81. The lowest BCUT2D eigenvalue weighted by molar-refractivity contribution is -0.0146. The van der Waals surface area contributed by atoms with Crippen molar-refractivity contribution < 1.29 is 0 Å². The van der Waals surface area contributed by atoms with Gasteiger partial charge in [0, 0.05) is 12.1 Å². The van der Waals surface area contributed by atoms with Crippen molar-refractivity contribution in [2.75, 3.05) is 0 Å². The van der Waals surface area contributed by atoms with Crippen molar-refractivity contribution in [2.24, 2.45) is 29.6 Å². The third-order valence-corrected chi connectivity index (χ3v) is 5.74. The van der Waals surface area contributed by atoms with Gasteiger partial charge in [-0.25, -0.2) is 0 Å². The largest absolute Gasteiger partial charge is 0.310 e. The van der Waals surface area contributed by atoms with E-state index in [1.165, 1.54) is 6.42 Å². The summed E-state index contributed by atoms with van der Waals surface area (Å²) in [4.78, 5) is 0. The van der Waals surface area contributed by atoms with E-state index < -0.39 is 0 Å². The molecule has 0 aromatic heterocycles. The molecule has 5 saturated carbocycles. The third kappa shape index (κ3) is 1.39. The summed E-state index contributed by atoms with van der Waals surface area (Å²) in [7, 11) is 0. The van der Waals surface area contributed by atoms with Gasteiger partial charge in [-0.1, -0.05) is 6.92 Å². The van der Waals surface area contributed by atoms with Gasteiger partial charge in [0.15, 0.2) is 0 Å². The van der Waals surface area contributed by atoms with E-state index in [2.05, 4.69) is 12.2 Å². The summed E-state index contributed by atoms with van der Waals surface area (Å²) in [6, 6.07) is 1.82. The molecule has 5 aliphatic rings. The summed E-state index contributed by atoms with van der Waals surface area (Å²) >= 11 is 0. The fourth-order valence-corrected chi connectivity index (χ4v) is 5.00. The maximum absolute atomic E-state index is 3.99. The van der Waals surface area contributed by atoms with Crippen LogP contribution in [0.5, 0.6) is 0 Å². The second kappa shape index (κ2) is 3.00. The van der Waals surface area contributed by atoms with Gasteiger partial charge in [-0.15, -0.1) is 0 Å². The standard InChI is InChI=1S/C14H23N/c1-8-2-13(8)15-14-11-4-9-3-10(6-11)7-12(14)5-9/h8-15H,2-7H2,1H3. The first-order valence-electron chi connectivity index (χ1n) is 7.05. The van der Waals surface area contributed by atoms with Crippen LogP contribution in [0.4, 0.5) is 0 Å². The van der Waals surface area contributed by atoms with Crippen LogP contribution in [0.3, 0.4) is 0 Å². The molecule has 5 aliphatic carbocycles. The van der Waals surface area contributed by atoms with Crippen LogP contribution in [0.15, 0.2) is 0 Å². The average molecular weight is 205 g/mol. The predicted octanol–water partition coefficient (Wildman–Crippen LogP) is 2.81.